The molecule has 2 nitrogen and oxygen atoms in total. The molecule has 0 radical (unpaired) electrons. The minimum absolute atomic E-state index is 0.146. The van der Waals surface area contributed by atoms with Crippen LogP contribution in [-0.2, 0) is 6.42 Å². The van der Waals surface area contributed by atoms with Gasteiger partial charge in [0.1, 0.15) is 5.82 Å². The van der Waals surface area contributed by atoms with Gasteiger partial charge in [0.2, 0.25) is 0 Å². The normalized spacial score (nSPS) is 10.1. The molecule has 0 bridgehead atoms. The van der Waals surface area contributed by atoms with Gasteiger partial charge < -0.3 is 10.0 Å². The molecule has 0 heterocycles. The van der Waals surface area contributed by atoms with Gasteiger partial charge in [-0.15, -0.1) is 0 Å². The van der Waals surface area contributed by atoms with Gasteiger partial charge in [-0.25, -0.2) is 4.39 Å². The van der Waals surface area contributed by atoms with E-state index in [0.717, 1.165) is 12.0 Å². The third-order valence-corrected chi connectivity index (χ3v) is 3.65. The number of benzene rings is 2. The molecular formula is C19H20BFO2. The molecule has 118 valence electrons. The molecule has 0 amide bonds. The van der Waals surface area contributed by atoms with Crippen LogP contribution in [0.15, 0.2) is 42.5 Å². The number of unbranched alkanes of at least 4 members (excludes halogenated alkanes) is 2. The van der Waals surface area contributed by atoms with E-state index in [0.29, 0.717) is 5.56 Å². The molecule has 0 fully saturated rings. The Morgan fingerprint density at radius 2 is 1.61 bits per heavy atom. The van der Waals surface area contributed by atoms with Crippen LogP contribution in [0.3, 0.4) is 0 Å². The highest BCUT2D eigenvalue weighted by atomic mass is 19.1. The predicted molar refractivity (Wildman–Crippen MR) is 91.9 cm³/mol. The lowest BCUT2D eigenvalue weighted by atomic mass is 9.79. The monoisotopic (exact) mass is 310 g/mol. The van der Waals surface area contributed by atoms with Crippen molar-refractivity contribution in [1.82, 2.24) is 0 Å². The van der Waals surface area contributed by atoms with Crippen LogP contribution in [0.5, 0.6) is 0 Å². The summed E-state index contributed by atoms with van der Waals surface area (Å²) in [6.45, 7) is 2.19. The molecule has 2 aromatic carbocycles. The smallest absolute Gasteiger partial charge is 0.423 e. The molecule has 23 heavy (non-hydrogen) atoms. The van der Waals surface area contributed by atoms with E-state index >= 15 is 0 Å². The fourth-order valence-electron chi connectivity index (χ4n) is 2.29. The summed E-state index contributed by atoms with van der Waals surface area (Å²) in [4.78, 5) is 0. The Balaban J connectivity index is 2.05. The molecule has 2 aromatic rings. The summed E-state index contributed by atoms with van der Waals surface area (Å²) < 4.78 is 13.6. The van der Waals surface area contributed by atoms with Gasteiger partial charge in [0.15, 0.2) is 0 Å². The highest BCUT2D eigenvalue weighted by molar-refractivity contribution is 6.58. The molecule has 0 aromatic heterocycles. The second kappa shape index (κ2) is 8.52. The molecule has 0 spiro atoms. The molecule has 0 saturated heterocycles. The molecule has 0 saturated carbocycles. The quantitative estimate of drug-likeness (QED) is 0.506. The maximum Gasteiger partial charge on any atom is 0.491 e. The largest absolute Gasteiger partial charge is 0.491 e. The lowest BCUT2D eigenvalue weighted by molar-refractivity contribution is 0.423. The summed E-state index contributed by atoms with van der Waals surface area (Å²) in [6.07, 6.45) is 4.74. The van der Waals surface area contributed by atoms with Crippen molar-refractivity contribution in [2.75, 3.05) is 0 Å². The number of hydrogen-bond donors (Lipinski definition) is 2. The Bertz CT molecular complexity index is 700. The Labute approximate surface area is 137 Å². The van der Waals surface area contributed by atoms with Crippen molar-refractivity contribution in [3.8, 4) is 11.8 Å². The standard InChI is InChI=1S/C19H20BFO2/c1-2-3-4-5-15-6-8-16(9-7-15)10-11-17-12-13-18(20(22)23)19(21)14-17/h6-9,12-14,22-23H,2-5H2,1H3. The van der Waals surface area contributed by atoms with Gasteiger partial charge in [0.25, 0.3) is 0 Å². The van der Waals surface area contributed by atoms with Crippen LogP contribution in [0.2, 0.25) is 0 Å². The zero-order valence-electron chi connectivity index (χ0n) is 13.2. The first-order valence-electron chi connectivity index (χ1n) is 7.86. The summed E-state index contributed by atoms with van der Waals surface area (Å²) in [7, 11) is -1.81. The van der Waals surface area contributed by atoms with E-state index in [4.69, 9.17) is 10.0 Å². The molecule has 0 unspecified atom stereocenters. The lowest BCUT2D eigenvalue weighted by Crippen LogP contribution is -2.32. The maximum absolute atomic E-state index is 13.6. The minimum Gasteiger partial charge on any atom is -0.423 e. The molecule has 4 heteroatoms. The molecule has 2 rings (SSSR count). The predicted octanol–water partition coefficient (Wildman–Crippen LogP) is 2.64. The average molecular weight is 310 g/mol. The average Bonchev–Trinajstić information content (AvgIpc) is 2.54. The summed E-state index contributed by atoms with van der Waals surface area (Å²) >= 11 is 0. The van der Waals surface area contributed by atoms with Crippen molar-refractivity contribution in [2.24, 2.45) is 0 Å². The zero-order valence-corrected chi connectivity index (χ0v) is 13.2. The third-order valence-electron chi connectivity index (χ3n) is 3.65. The topological polar surface area (TPSA) is 40.5 Å². The van der Waals surface area contributed by atoms with Crippen LogP contribution < -0.4 is 5.46 Å². The number of halogens is 1. The van der Waals surface area contributed by atoms with Crippen molar-refractivity contribution in [3.63, 3.8) is 0 Å². The van der Waals surface area contributed by atoms with E-state index in [2.05, 4.69) is 30.9 Å². The van der Waals surface area contributed by atoms with Gasteiger partial charge in [0, 0.05) is 16.6 Å². The van der Waals surface area contributed by atoms with E-state index in [1.165, 1.54) is 37.0 Å². The SMILES string of the molecule is CCCCCc1ccc(C#Cc2ccc(B(O)O)c(F)c2)cc1. The first-order valence-corrected chi connectivity index (χ1v) is 7.86. The third kappa shape index (κ3) is 5.24. The van der Waals surface area contributed by atoms with Gasteiger partial charge in [0.05, 0.1) is 0 Å². The van der Waals surface area contributed by atoms with Crippen molar-refractivity contribution in [1.29, 1.82) is 0 Å². The fourth-order valence-corrected chi connectivity index (χ4v) is 2.29. The second-order valence-corrected chi connectivity index (χ2v) is 5.51. The van der Waals surface area contributed by atoms with Crippen LogP contribution in [0.25, 0.3) is 0 Å². The molecule has 0 aliphatic heterocycles. The van der Waals surface area contributed by atoms with Crippen molar-refractivity contribution in [3.05, 3.63) is 65.0 Å². The molecular weight excluding hydrogens is 290 g/mol. The molecule has 0 aliphatic carbocycles. The van der Waals surface area contributed by atoms with E-state index in [9.17, 15) is 4.39 Å². The van der Waals surface area contributed by atoms with Gasteiger partial charge in [-0.2, -0.15) is 0 Å². The van der Waals surface area contributed by atoms with Crippen molar-refractivity contribution >= 4 is 12.6 Å². The van der Waals surface area contributed by atoms with Crippen LogP contribution >= 0.6 is 0 Å². The van der Waals surface area contributed by atoms with Crippen molar-refractivity contribution in [2.45, 2.75) is 32.6 Å². The summed E-state index contributed by atoms with van der Waals surface area (Å²) in [5.74, 6) is 5.21. The highest BCUT2D eigenvalue weighted by Crippen LogP contribution is 2.09. The van der Waals surface area contributed by atoms with Crippen LogP contribution in [0, 0.1) is 17.7 Å². The zero-order chi connectivity index (χ0) is 16.7. The van der Waals surface area contributed by atoms with Crippen LogP contribution in [0.1, 0.15) is 42.9 Å². The van der Waals surface area contributed by atoms with E-state index in [-0.39, 0.29) is 5.46 Å². The fraction of sp³-hybridized carbons (Fsp3) is 0.263. The van der Waals surface area contributed by atoms with Crippen LogP contribution in [0.4, 0.5) is 4.39 Å². The Morgan fingerprint density at radius 3 is 2.22 bits per heavy atom. The second-order valence-electron chi connectivity index (χ2n) is 5.51. The van der Waals surface area contributed by atoms with Gasteiger partial charge in [-0.3, -0.25) is 0 Å². The molecule has 2 N–H and O–H groups in total. The number of hydrogen-bond acceptors (Lipinski definition) is 2. The van der Waals surface area contributed by atoms with E-state index in [1.807, 2.05) is 12.1 Å². The Kier molecular flexibility index (Phi) is 6.40. The summed E-state index contributed by atoms with van der Waals surface area (Å²) in [5.41, 5.74) is 2.53. The van der Waals surface area contributed by atoms with E-state index < -0.39 is 12.9 Å². The first kappa shape index (κ1) is 17.3. The van der Waals surface area contributed by atoms with Gasteiger partial charge in [-0.1, -0.05) is 49.8 Å². The maximum atomic E-state index is 13.6. The summed E-state index contributed by atoms with van der Waals surface area (Å²) in [6, 6.07) is 12.2. The number of aryl methyl sites for hydroxylation is 1. The van der Waals surface area contributed by atoms with Crippen molar-refractivity contribution < 1.29 is 14.4 Å². The molecule has 0 aliphatic rings. The molecule has 0 atom stereocenters. The van der Waals surface area contributed by atoms with Gasteiger partial charge in [-0.05, 0) is 42.7 Å². The van der Waals surface area contributed by atoms with Gasteiger partial charge >= 0.3 is 7.12 Å². The Morgan fingerprint density at radius 1 is 0.957 bits per heavy atom. The number of rotatable bonds is 5. The summed E-state index contributed by atoms with van der Waals surface area (Å²) in [5, 5.41) is 18.0. The van der Waals surface area contributed by atoms with E-state index in [1.54, 1.807) is 6.07 Å². The first-order chi connectivity index (χ1) is 11.1. The van der Waals surface area contributed by atoms with Crippen LogP contribution in [-0.4, -0.2) is 17.2 Å². The minimum atomic E-state index is -1.81. The highest BCUT2D eigenvalue weighted by Gasteiger charge is 2.15. The lowest BCUT2D eigenvalue weighted by Gasteiger charge is -2.01. The Hall–Kier alpha value is -2.09.